The molecule has 0 aromatic carbocycles. The Labute approximate surface area is 194 Å². The fraction of sp³-hybridized carbons (Fsp3) is 0.731. The Kier molecular flexibility index (Phi) is 4.93. The first kappa shape index (κ1) is 22.9. The van der Waals surface area contributed by atoms with Gasteiger partial charge in [-0.2, -0.15) is 0 Å². The summed E-state index contributed by atoms with van der Waals surface area (Å²) in [5, 5.41) is 11.6. The lowest BCUT2D eigenvalue weighted by molar-refractivity contribution is -0.316. The predicted molar refractivity (Wildman–Crippen MR) is 118 cm³/mol. The Balaban J connectivity index is 1.61. The highest BCUT2D eigenvalue weighted by atomic mass is 16.7. The fourth-order valence-electron chi connectivity index (χ4n) is 8.26. The molecule has 0 radical (unpaired) electrons. The second kappa shape index (κ2) is 7.09. The van der Waals surface area contributed by atoms with Gasteiger partial charge in [-0.15, -0.1) is 0 Å². The number of fused-ring (bicyclic) bond motifs is 6. The Morgan fingerprint density at radius 1 is 1.21 bits per heavy atom. The first-order valence-corrected chi connectivity index (χ1v) is 12.0. The summed E-state index contributed by atoms with van der Waals surface area (Å²) in [5.41, 5.74) is -1.50. The molecule has 3 saturated carbocycles. The van der Waals surface area contributed by atoms with Gasteiger partial charge in [-0.1, -0.05) is 19.9 Å². The van der Waals surface area contributed by atoms with Gasteiger partial charge >= 0.3 is 5.97 Å². The fourth-order valence-corrected chi connectivity index (χ4v) is 8.26. The van der Waals surface area contributed by atoms with Crippen molar-refractivity contribution in [2.24, 2.45) is 34.5 Å². The van der Waals surface area contributed by atoms with E-state index in [0.29, 0.717) is 19.3 Å². The average Bonchev–Trinajstić information content (AvgIpc) is 3.02. The molecule has 8 atom stereocenters. The lowest BCUT2D eigenvalue weighted by Gasteiger charge is -2.62. The van der Waals surface area contributed by atoms with Crippen LogP contribution < -0.4 is 0 Å². The number of methoxy groups -OCH3 is 1. The molecule has 4 fully saturated rings. The van der Waals surface area contributed by atoms with Crippen molar-refractivity contribution >= 4 is 17.5 Å². The van der Waals surface area contributed by atoms with E-state index in [1.807, 2.05) is 26.8 Å². The first-order valence-electron chi connectivity index (χ1n) is 12.0. The minimum absolute atomic E-state index is 0.000261. The monoisotopic (exact) mass is 458 g/mol. The summed E-state index contributed by atoms with van der Waals surface area (Å²) in [6.07, 6.45) is 6.53. The second-order valence-corrected chi connectivity index (χ2v) is 11.5. The van der Waals surface area contributed by atoms with Crippen molar-refractivity contribution in [1.29, 1.82) is 0 Å². The molecule has 0 aromatic rings. The van der Waals surface area contributed by atoms with Gasteiger partial charge in [0.05, 0.1) is 19.1 Å². The van der Waals surface area contributed by atoms with Crippen LogP contribution in [0.3, 0.4) is 0 Å². The number of carbonyl (C=O) groups excluding carboxylic acids is 3. The van der Waals surface area contributed by atoms with Crippen molar-refractivity contribution in [2.45, 2.75) is 70.9 Å². The zero-order valence-corrected chi connectivity index (χ0v) is 20.1. The summed E-state index contributed by atoms with van der Waals surface area (Å²) in [6.45, 7) is 7.75. The summed E-state index contributed by atoms with van der Waals surface area (Å²) in [7, 11) is 1.37. The predicted octanol–water partition coefficient (Wildman–Crippen LogP) is 2.76. The number of ether oxygens (including phenoxy) is 3. The quantitative estimate of drug-likeness (QED) is 0.603. The third kappa shape index (κ3) is 2.94. The molecule has 1 spiro atoms. The minimum atomic E-state index is -1.01. The number of aliphatic hydroxyl groups excluding tert-OH is 1. The number of hydrogen-bond donors (Lipinski definition) is 1. The van der Waals surface area contributed by atoms with Crippen LogP contribution in [0.5, 0.6) is 0 Å². The maximum absolute atomic E-state index is 13.3. The molecule has 5 aliphatic rings. The molecule has 33 heavy (non-hydrogen) atoms. The van der Waals surface area contributed by atoms with Crippen LogP contribution in [0, 0.1) is 34.5 Å². The molecule has 0 bridgehead atoms. The number of rotatable bonds is 1. The molecular formula is C26H34O7. The van der Waals surface area contributed by atoms with Crippen LogP contribution >= 0.6 is 0 Å². The lowest BCUT2D eigenvalue weighted by Crippen LogP contribution is -2.66. The summed E-state index contributed by atoms with van der Waals surface area (Å²) < 4.78 is 17.2. The Morgan fingerprint density at radius 3 is 2.64 bits per heavy atom. The molecule has 1 unspecified atom stereocenters. The zero-order valence-electron chi connectivity index (χ0n) is 20.1. The highest BCUT2D eigenvalue weighted by Crippen LogP contribution is 2.69. The summed E-state index contributed by atoms with van der Waals surface area (Å²) in [6, 6.07) is 0. The Morgan fingerprint density at radius 2 is 1.94 bits per heavy atom. The second-order valence-electron chi connectivity index (χ2n) is 11.5. The van der Waals surface area contributed by atoms with E-state index in [4.69, 9.17) is 14.2 Å². The van der Waals surface area contributed by atoms with Gasteiger partial charge in [-0.25, -0.2) is 0 Å². The Bertz CT molecular complexity index is 979. The van der Waals surface area contributed by atoms with E-state index in [1.54, 1.807) is 12.2 Å². The van der Waals surface area contributed by atoms with Gasteiger partial charge < -0.3 is 19.3 Å². The van der Waals surface area contributed by atoms with Crippen LogP contribution in [0.4, 0.5) is 0 Å². The van der Waals surface area contributed by atoms with Gasteiger partial charge in [0.2, 0.25) is 0 Å². The number of Topliss-reactive ketones (excluding diaryl/α,β-unsaturated/α-hetero) is 1. The van der Waals surface area contributed by atoms with Crippen LogP contribution in [0.1, 0.15) is 53.4 Å². The van der Waals surface area contributed by atoms with Crippen LogP contribution in [0.25, 0.3) is 0 Å². The molecule has 180 valence electrons. The zero-order chi connectivity index (χ0) is 24.0. The molecule has 7 heteroatoms. The Hall–Kier alpha value is -1.83. The summed E-state index contributed by atoms with van der Waals surface area (Å²) in [4.78, 5) is 38.4. The third-order valence-electron chi connectivity index (χ3n) is 9.57. The first-order chi connectivity index (χ1) is 15.4. The van der Waals surface area contributed by atoms with E-state index in [1.165, 1.54) is 7.11 Å². The molecule has 0 aromatic heterocycles. The van der Waals surface area contributed by atoms with Gasteiger partial charge in [0.25, 0.3) is 0 Å². The van der Waals surface area contributed by atoms with Gasteiger partial charge in [0.1, 0.15) is 12.2 Å². The molecule has 0 amide bonds. The van der Waals surface area contributed by atoms with Crippen molar-refractivity contribution in [3.05, 3.63) is 23.8 Å². The maximum Gasteiger partial charge on any atom is 0.312 e. The van der Waals surface area contributed by atoms with E-state index in [0.717, 1.165) is 12.0 Å². The topological polar surface area (TPSA) is 99.1 Å². The smallest absolute Gasteiger partial charge is 0.312 e. The van der Waals surface area contributed by atoms with Crippen molar-refractivity contribution in [1.82, 2.24) is 0 Å². The van der Waals surface area contributed by atoms with E-state index in [9.17, 15) is 19.5 Å². The van der Waals surface area contributed by atoms with E-state index < -0.39 is 34.2 Å². The normalized spacial score (nSPS) is 48.1. The van der Waals surface area contributed by atoms with Crippen LogP contribution in [0.2, 0.25) is 0 Å². The van der Waals surface area contributed by atoms with E-state index >= 15 is 0 Å². The SMILES string of the molecule is COC(=O)C1C[C@@H]2[C@H]([C@@H](O)C[C@@]3(C)[C@H]2CC[C@@]32OC(C)(C)OCC2=O)[C@@]2(C)C=CC(=O)C=C12. The lowest BCUT2D eigenvalue weighted by atomic mass is 9.44. The van der Waals surface area contributed by atoms with Gasteiger partial charge in [0, 0.05) is 16.7 Å². The highest BCUT2D eigenvalue weighted by Gasteiger charge is 2.71. The third-order valence-corrected chi connectivity index (χ3v) is 9.57. The van der Waals surface area contributed by atoms with Gasteiger partial charge in [0.15, 0.2) is 17.4 Å². The van der Waals surface area contributed by atoms with Crippen molar-refractivity contribution in [3.8, 4) is 0 Å². The van der Waals surface area contributed by atoms with Crippen molar-refractivity contribution in [2.75, 3.05) is 13.7 Å². The van der Waals surface area contributed by atoms with E-state index in [2.05, 4.69) is 6.92 Å². The van der Waals surface area contributed by atoms with Gasteiger partial charge in [-0.05, 0) is 69.1 Å². The largest absolute Gasteiger partial charge is 0.469 e. The molecule has 1 heterocycles. The van der Waals surface area contributed by atoms with Crippen LogP contribution in [-0.4, -0.2) is 53.9 Å². The maximum atomic E-state index is 13.3. The standard InChI is InChI=1S/C26H34O7/c1-23(2)32-13-20(29)26(33-23)9-7-17-15-11-16(22(30)31-5)18-10-14(27)6-8-24(18,3)21(15)19(28)12-25(17,26)4/h6,8,10,15-17,19,21,28H,7,9,11-13H2,1-5H3/t15-,16?,17-,19-,21+,24-,25-,26-/m0/s1. The summed E-state index contributed by atoms with van der Waals surface area (Å²) in [5.74, 6) is -2.11. The molecule has 1 aliphatic heterocycles. The molecule has 1 N–H and O–H groups in total. The number of aliphatic hydroxyl groups is 1. The number of allylic oxidation sites excluding steroid dienone is 3. The molecule has 4 aliphatic carbocycles. The molecule has 5 rings (SSSR count). The number of carbonyl (C=O) groups is 3. The average molecular weight is 459 g/mol. The van der Waals surface area contributed by atoms with Crippen LogP contribution in [-0.2, 0) is 28.6 Å². The highest BCUT2D eigenvalue weighted by molar-refractivity contribution is 6.02. The van der Waals surface area contributed by atoms with Crippen LogP contribution in [0.15, 0.2) is 23.8 Å². The van der Waals surface area contributed by atoms with Crippen molar-refractivity contribution in [3.63, 3.8) is 0 Å². The number of esters is 1. The van der Waals surface area contributed by atoms with E-state index in [-0.39, 0.29) is 41.9 Å². The van der Waals surface area contributed by atoms with Crippen molar-refractivity contribution < 1.29 is 33.7 Å². The molecule has 7 nitrogen and oxygen atoms in total. The minimum Gasteiger partial charge on any atom is -0.469 e. The number of ketones is 2. The van der Waals surface area contributed by atoms with Gasteiger partial charge in [-0.3, -0.25) is 14.4 Å². The molecular weight excluding hydrogens is 424 g/mol. The summed E-state index contributed by atoms with van der Waals surface area (Å²) >= 11 is 0. The molecule has 1 saturated heterocycles. The number of hydrogen-bond acceptors (Lipinski definition) is 7.